The van der Waals surface area contributed by atoms with Crippen molar-refractivity contribution < 1.29 is 14.3 Å². The van der Waals surface area contributed by atoms with Gasteiger partial charge in [0.2, 0.25) is 0 Å². The Morgan fingerprint density at radius 2 is 1.87 bits per heavy atom. The molecule has 0 aliphatic carbocycles. The largest absolute Gasteiger partial charge is 0.463 e. The Morgan fingerprint density at radius 3 is 2.53 bits per heavy atom. The van der Waals surface area contributed by atoms with E-state index in [0.717, 1.165) is 11.1 Å². The first-order chi connectivity index (χ1) is 14.4. The highest BCUT2D eigenvalue weighted by Gasteiger charge is 2.11. The van der Waals surface area contributed by atoms with Gasteiger partial charge in [-0.2, -0.15) is 0 Å². The van der Waals surface area contributed by atoms with E-state index >= 15 is 0 Å². The van der Waals surface area contributed by atoms with Gasteiger partial charge in [0.15, 0.2) is 5.13 Å². The van der Waals surface area contributed by atoms with Crippen molar-refractivity contribution in [1.29, 1.82) is 0 Å². The number of nitrogens with one attached hydrogen (secondary N) is 1. The van der Waals surface area contributed by atoms with Gasteiger partial charge in [-0.25, -0.2) is 9.78 Å². The standard InChI is InChI=1S/C22H18Cl2N2O3S/c1-3-29-21(28)13(2)10-14-4-6-15(7-5-14)20(27)26-22-25-19(12-30-22)16-8-9-17(23)18(24)11-16/h4-12H,3H2,1-2H3,(H,25,26,27). The average molecular weight is 461 g/mol. The first kappa shape index (κ1) is 22.0. The lowest BCUT2D eigenvalue weighted by Gasteiger charge is -2.04. The summed E-state index contributed by atoms with van der Waals surface area (Å²) in [4.78, 5) is 28.6. The minimum atomic E-state index is -0.360. The van der Waals surface area contributed by atoms with Gasteiger partial charge in [-0.3, -0.25) is 10.1 Å². The maximum Gasteiger partial charge on any atom is 0.333 e. The first-order valence-electron chi connectivity index (χ1n) is 9.05. The lowest BCUT2D eigenvalue weighted by atomic mass is 10.1. The van der Waals surface area contributed by atoms with Gasteiger partial charge in [-0.1, -0.05) is 41.4 Å². The number of halogens is 2. The minimum Gasteiger partial charge on any atom is -0.463 e. The molecule has 1 heterocycles. The number of ether oxygens (including phenoxy) is 1. The normalized spacial score (nSPS) is 11.3. The van der Waals surface area contributed by atoms with Gasteiger partial charge < -0.3 is 4.74 Å². The van der Waals surface area contributed by atoms with Crippen molar-refractivity contribution >= 4 is 57.6 Å². The number of esters is 1. The monoisotopic (exact) mass is 460 g/mol. The van der Waals surface area contributed by atoms with Crippen molar-refractivity contribution in [3.63, 3.8) is 0 Å². The third-order valence-corrected chi connectivity index (χ3v) is 5.59. The van der Waals surface area contributed by atoms with Crippen LogP contribution in [0.3, 0.4) is 0 Å². The molecule has 0 saturated carbocycles. The van der Waals surface area contributed by atoms with E-state index in [9.17, 15) is 9.59 Å². The van der Waals surface area contributed by atoms with Crippen LogP contribution in [0.1, 0.15) is 29.8 Å². The average Bonchev–Trinajstić information content (AvgIpc) is 3.19. The van der Waals surface area contributed by atoms with Crippen LogP contribution in [0.2, 0.25) is 10.0 Å². The minimum absolute atomic E-state index is 0.275. The van der Waals surface area contributed by atoms with Crippen molar-refractivity contribution in [2.24, 2.45) is 0 Å². The molecular weight excluding hydrogens is 443 g/mol. The Labute approximate surface area is 188 Å². The summed E-state index contributed by atoms with van der Waals surface area (Å²) >= 11 is 13.3. The van der Waals surface area contributed by atoms with Gasteiger partial charge in [-0.15, -0.1) is 11.3 Å². The fourth-order valence-corrected chi connectivity index (χ4v) is 3.59. The third-order valence-electron chi connectivity index (χ3n) is 4.09. The molecule has 5 nitrogen and oxygen atoms in total. The quantitative estimate of drug-likeness (QED) is 0.344. The molecule has 0 saturated heterocycles. The smallest absolute Gasteiger partial charge is 0.333 e. The molecule has 0 bridgehead atoms. The molecular formula is C22H18Cl2N2O3S. The van der Waals surface area contributed by atoms with E-state index in [1.54, 1.807) is 56.3 Å². The molecule has 1 aromatic heterocycles. The van der Waals surface area contributed by atoms with Crippen molar-refractivity contribution in [2.75, 3.05) is 11.9 Å². The highest BCUT2D eigenvalue weighted by molar-refractivity contribution is 7.14. The predicted octanol–water partition coefficient (Wildman–Crippen LogP) is 6.34. The zero-order chi connectivity index (χ0) is 21.7. The van der Waals surface area contributed by atoms with Crippen LogP contribution in [0.5, 0.6) is 0 Å². The number of aromatic nitrogens is 1. The Bertz CT molecular complexity index is 1110. The molecule has 0 aliphatic rings. The molecule has 0 atom stereocenters. The second-order valence-electron chi connectivity index (χ2n) is 6.29. The van der Waals surface area contributed by atoms with Gasteiger partial charge >= 0.3 is 5.97 Å². The fourth-order valence-electron chi connectivity index (χ4n) is 2.57. The highest BCUT2D eigenvalue weighted by atomic mass is 35.5. The second-order valence-corrected chi connectivity index (χ2v) is 7.96. The summed E-state index contributed by atoms with van der Waals surface area (Å²) in [6.07, 6.45) is 1.71. The SMILES string of the molecule is CCOC(=O)C(C)=Cc1ccc(C(=O)Nc2nc(-c3ccc(Cl)c(Cl)c3)cs2)cc1. The second kappa shape index (κ2) is 9.89. The third kappa shape index (κ3) is 5.48. The Kier molecular flexibility index (Phi) is 7.26. The van der Waals surface area contributed by atoms with Crippen LogP contribution in [0.4, 0.5) is 5.13 Å². The molecule has 3 rings (SSSR count). The van der Waals surface area contributed by atoms with Gasteiger partial charge in [0.1, 0.15) is 0 Å². The van der Waals surface area contributed by atoms with E-state index in [1.165, 1.54) is 11.3 Å². The summed E-state index contributed by atoms with van der Waals surface area (Å²) in [5.74, 6) is -0.636. The predicted molar refractivity (Wildman–Crippen MR) is 122 cm³/mol. The lowest BCUT2D eigenvalue weighted by Crippen LogP contribution is -2.11. The molecule has 30 heavy (non-hydrogen) atoms. The number of rotatable bonds is 6. The number of hydrogen-bond donors (Lipinski definition) is 1. The van der Waals surface area contributed by atoms with Crippen LogP contribution >= 0.6 is 34.5 Å². The van der Waals surface area contributed by atoms with Gasteiger partial charge in [0.25, 0.3) is 5.91 Å². The van der Waals surface area contributed by atoms with Crippen molar-refractivity contribution in [3.8, 4) is 11.3 Å². The number of anilines is 1. The van der Waals surface area contributed by atoms with E-state index in [2.05, 4.69) is 10.3 Å². The van der Waals surface area contributed by atoms with Crippen molar-refractivity contribution in [2.45, 2.75) is 13.8 Å². The number of nitrogens with zero attached hydrogens (tertiary/aromatic N) is 1. The molecule has 0 aliphatic heterocycles. The maximum absolute atomic E-state index is 12.5. The van der Waals surface area contributed by atoms with Crippen LogP contribution in [0.15, 0.2) is 53.4 Å². The summed E-state index contributed by atoms with van der Waals surface area (Å²) in [6.45, 7) is 3.77. The van der Waals surface area contributed by atoms with Crippen LogP contribution in [-0.2, 0) is 9.53 Å². The Morgan fingerprint density at radius 1 is 1.13 bits per heavy atom. The lowest BCUT2D eigenvalue weighted by molar-refractivity contribution is -0.138. The van der Waals surface area contributed by atoms with Crippen LogP contribution in [0, 0.1) is 0 Å². The van der Waals surface area contributed by atoms with E-state index in [-0.39, 0.29) is 11.9 Å². The van der Waals surface area contributed by atoms with Crippen LogP contribution < -0.4 is 5.32 Å². The molecule has 0 fully saturated rings. The number of carbonyl (C=O) groups is 2. The molecule has 154 valence electrons. The number of carbonyl (C=O) groups excluding carboxylic acids is 2. The molecule has 0 spiro atoms. The summed E-state index contributed by atoms with van der Waals surface area (Å²) in [5, 5.41) is 6.02. The van der Waals surface area contributed by atoms with Crippen LogP contribution in [-0.4, -0.2) is 23.5 Å². The van der Waals surface area contributed by atoms with E-state index in [4.69, 9.17) is 27.9 Å². The van der Waals surface area contributed by atoms with Gasteiger partial charge in [-0.05, 0) is 49.8 Å². The van der Waals surface area contributed by atoms with Gasteiger partial charge in [0.05, 0.1) is 22.3 Å². The Hall–Kier alpha value is -2.67. The highest BCUT2D eigenvalue weighted by Crippen LogP contribution is 2.30. The number of amides is 1. The van der Waals surface area contributed by atoms with Crippen molar-refractivity contribution in [3.05, 3.63) is 74.6 Å². The summed E-state index contributed by atoms with van der Waals surface area (Å²) in [5.41, 5.74) is 3.28. The Balaban J connectivity index is 1.68. The van der Waals surface area contributed by atoms with E-state index in [0.29, 0.717) is 38.6 Å². The summed E-state index contributed by atoms with van der Waals surface area (Å²) in [7, 11) is 0. The van der Waals surface area contributed by atoms with E-state index in [1.807, 2.05) is 11.4 Å². The van der Waals surface area contributed by atoms with Crippen molar-refractivity contribution in [1.82, 2.24) is 4.98 Å². The molecule has 1 amide bonds. The zero-order valence-corrected chi connectivity index (χ0v) is 18.6. The first-order valence-corrected chi connectivity index (χ1v) is 10.7. The number of thiazole rings is 1. The molecule has 3 aromatic rings. The molecule has 0 radical (unpaired) electrons. The molecule has 0 unspecified atom stereocenters. The van der Waals surface area contributed by atoms with Crippen LogP contribution in [0.25, 0.3) is 17.3 Å². The number of benzene rings is 2. The molecule has 8 heteroatoms. The molecule has 1 N–H and O–H groups in total. The van der Waals surface area contributed by atoms with E-state index < -0.39 is 0 Å². The fraction of sp³-hybridized carbons (Fsp3) is 0.136. The van der Waals surface area contributed by atoms with Gasteiger partial charge in [0, 0.05) is 22.1 Å². The zero-order valence-electron chi connectivity index (χ0n) is 16.2. The topological polar surface area (TPSA) is 68.3 Å². The number of hydrogen-bond acceptors (Lipinski definition) is 5. The maximum atomic E-state index is 12.5. The summed E-state index contributed by atoms with van der Waals surface area (Å²) < 4.78 is 4.96. The summed E-state index contributed by atoms with van der Waals surface area (Å²) in [6, 6.07) is 12.2. The molecule has 2 aromatic carbocycles.